The zero-order valence-corrected chi connectivity index (χ0v) is 13.9. The van der Waals surface area contributed by atoms with Crippen molar-refractivity contribution in [3.05, 3.63) is 53.9 Å². The van der Waals surface area contributed by atoms with Crippen LogP contribution in [0.1, 0.15) is 50.6 Å². The summed E-state index contributed by atoms with van der Waals surface area (Å²) in [6.45, 7) is 8.45. The van der Waals surface area contributed by atoms with Gasteiger partial charge in [0.2, 0.25) is 0 Å². The van der Waals surface area contributed by atoms with Gasteiger partial charge in [-0.2, -0.15) is 0 Å². The van der Waals surface area contributed by atoms with E-state index in [1.807, 2.05) is 24.8 Å². The van der Waals surface area contributed by atoms with E-state index < -0.39 is 0 Å². The van der Waals surface area contributed by atoms with Crippen molar-refractivity contribution in [2.75, 3.05) is 0 Å². The van der Waals surface area contributed by atoms with Gasteiger partial charge in [0, 0.05) is 55.9 Å². The average molecular weight is 298 g/mol. The van der Waals surface area contributed by atoms with Crippen LogP contribution in [0.15, 0.2) is 36.9 Å². The molecule has 0 amide bonds. The fraction of sp³-hybridized carbons (Fsp3) is 0.500. The third-order valence-electron chi connectivity index (χ3n) is 3.97. The van der Waals surface area contributed by atoms with Crippen molar-refractivity contribution in [2.45, 2.75) is 59.2 Å². The third-order valence-corrected chi connectivity index (χ3v) is 3.97. The van der Waals surface area contributed by atoms with Crippen LogP contribution in [0.25, 0.3) is 0 Å². The van der Waals surface area contributed by atoms with Crippen molar-refractivity contribution in [3.8, 4) is 0 Å². The van der Waals surface area contributed by atoms with Crippen molar-refractivity contribution in [1.82, 2.24) is 19.9 Å². The molecule has 0 fully saturated rings. The molecule has 0 aliphatic heterocycles. The summed E-state index contributed by atoms with van der Waals surface area (Å²) in [5.41, 5.74) is 2.47. The highest BCUT2D eigenvalue weighted by molar-refractivity contribution is 5.11. The Morgan fingerprint density at radius 3 is 2.23 bits per heavy atom. The Morgan fingerprint density at radius 2 is 1.64 bits per heavy atom. The average Bonchev–Trinajstić information content (AvgIpc) is 2.56. The number of nitrogens with zero attached hydrogens (tertiary/aromatic N) is 4. The molecular weight excluding hydrogens is 272 g/mol. The Kier molecular flexibility index (Phi) is 6.46. The minimum absolute atomic E-state index is 0.517. The quantitative estimate of drug-likeness (QED) is 0.746. The third kappa shape index (κ3) is 4.88. The van der Waals surface area contributed by atoms with Crippen LogP contribution in [0.5, 0.6) is 0 Å². The molecule has 2 aromatic heterocycles. The number of hydrogen-bond donors (Lipinski definition) is 0. The van der Waals surface area contributed by atoms with Gasteiger partial charge < -0.3 is 0 Å². The first-order chi connectivity index (χ1) is 10.7. The molecule has 2 aromatic rings. The normalized spacial score (nSPS) is 12.5. The van der Waals surface area contributed by atoms with Gasteiger partial charge in [-0.1, -0.05) is 13.8 Å². The highest BCUT2D eigenvalue weighted by atomic mass is 15.1. The highest BCUT2D eigenvalue weighted by Crippen LogP contribution is 2.14. The molecule has 1 unspecified atom stereocenters. The van der Waals surface area contributed by atoms with E-state index in [-0.39, 0.29) is 0 Å². The van der Waals surface area contributed by atoms with Crippen LogP contribution >= 0.6 is 0 Å². The lowest BCUT2D eigenvalue weighted by Crippen LogP contribution is -2.31. The number of aryl methyl sites for hydroxylation is 1. The van der Waals surface area contributed by atoms with Crippen LogP contribution in [0.4, 0.5) is 0 Å². The minimum atomic E-state index is 0.517. The largest absolute Gasteiger partial charge is 0.292 e. The first kappa shape index (κ1) is 16.6. The van der Waals surface area contributed by atoms with E-state index in [1.54, 1.807) is 0 Å². The zero-order valence-electron chi connectivity index (χ0n) is 13.9. The second-order valence-corrected chi connectivity index (χ2v) is 5.78. The molecule has 4 nitrogen and oxygen atoms in total. The lowest BCUT2D eigenvalue weighted by Gasteiger charge is -2.28. The molecule has 118 valence electrons. The molecule has 22 heavy (non-hydrogen) atoms. The van der Waals surface area contributed by atoms with Gasteiger partial charge in [0.1, 0.15) is 5.82 Å². The van der Waals surface area contributed by atoms with Gasteiger partial charge in [0.25, 0.3) is 0 Å². The van der Waals surface area contributed by atoms with Gasteiger partial charge in [0.05, 0.1) is 0 Å². The van der Waals surface area contributed by atoms with Crippen molar-refractivity contribution in [1.29, 1.82) is 0 Å². The molecule has 0 aliphatic carbocycles. The summed E-state index contributed by atoms with van der Waals surface area (Å²) in [7, 11) is 0. The van der Waals surface area contributed by atoms with E-state index >= 15 is 0 Å². The molecule has 2 rings (SSSR count). The summed E-state index contributed by atoms with van der Waals surface area (Å²) in [5, 5.41) is 0. The second-order valence-electron chi connectivity index (χ2n) is 5.78. The predicted molar refractivity (Wildman–Crippen MR) is 89.3 cm³/mol. The molecule has 0 saturated heterocycles. The van der Waals surface area contributed by atoms with Crippen molar-refractivity contribution in [2.24, 2.45) is 0 Å². The van der Waals surface area contributed by atoms with Crippen LogP contribution in [0, 0.1) is 0 Å². The summed E-state index contributed by atoms with van der Waals surface area (Å²) in [5.74, 6) is 0.940. The highest BCUT2D eigenvalue weighted by Gasteiger charge is 2.13. The number of aromatic nitrogens is 3. The predicted octanol–water partition coefficient (Wildman–Crippen LogP) is 3.62. The van der Waals surface area contributed by atoms with Crippen molar-refractivity contribution >= 4 is 0 Å². The zero-order chi connectivity index (χ0) is 15.8. The molecule has 1 atom stereocenters. The molecule has 0 aromatic carbocycles. The molecule has 0 radical (unpaired) electrons. The fourth-order valence-corrected chi connectivity index (χ4v) is 2.40. The number of rotatable bonds is 8. The van der Waals surface area contributed by atoms with E-state index in [9.17, 15) is 0 Å². The van der Waals surface area contributed by atoms with Crippen LogP contribution in [0.2, 0.25) is 0 Å². The van der Waals surface area contributed by atoms with Gasteiger partial charge in [-0.15, -0.1) is 0 Å². The standard InChI is InChI=1S/C18H26N4/c1-4-6-18-20-11-17(12-21-18)14-22(15(3)5-2)13-16-7-9-19-10-8-16/h7-12,15H,4-6,13-14H2,1-3H3. The number of pyridine rings is 1. The smallest absolute Gasteiger partial charge is 0.128 e. The molecule has 0 aliphatic rings. The Labute approximate surface area is 133 Å². The summed E-state index contributed by atoms with van der Waals surface area (Å²) in [6, 6.07) is 4.68. The van der Waals surface area contributed by atoms with E-state index in [0.717, 1.165) is 38.2 Å². The summed E-state index contributed by atoms with van der Waals surface area (Å²) in [6.07, 6.45) is 10.8. The van der Waals surface area contributed by atoms with E-state index in [0.29, 0.717) is 6.04 Å². The van der Waals surface area contributed by atoms with Crippen molar-refractivity contribution < 1.29 is 0 Å². The maximum absolute atomic E-state index is 4.47. The van der Waals surface area contributed by atoms with Gasteiger partial charge >= 0.3 is 0 Å². The van der Waals surface area contributed by atoms with Gasteiger partial charge in [0.15, 0.2) is 0 Å². The lowest BCUT2D eigenvalue weighted by atomic mass is 10.1. The number of hydrogen-bond acceptors (Lipinski definition) is 4. The Bertz CT molecular complexity index is 539. The van der Waals surface area contributed by atoms with Crippen LogP contribution in [-0.2, 0) is 19.5 Å². The lowest BCUT2D eigenvalue weighted by molar-refractivity contribution is 0.185. The van der Waals surface area contributed by atoms with E-state index in [4.69, 9.17) is 0 Å². The fourth-order valence-electron chi connectivity index (χ4n) is 2.40. The first-order valence-corrected chi connectivity index (χ1v) is 8.15. The van der Waals surface area contributed by atoms with Crippen LogP contribution in [0.3, 0.4) is 0 Å². The molecule has 4 heteroatoms. The molecular formula is C18H26N4. The van der Waals surface area contributed by atoms with Crippen LogP contribution < -0.4 is 0 Å². The maximum Gasteiger partial charge on any atom is 0.128 e. The van der Waals surface area contributed by atoms with Crippen molar-refractivity contribution in [3.63, 3.8) is 0 Å². The summed E-state index contributed by atoms with van der Waals surface area (Å²) >= 11 is 0. The molecule has 2 heterocycles. The van der Waals surface area contributed by atoms with E-state index in [1.165, 1.54) is 11.1 Å². The van der Waals surface area contributed by atoms with Gasteiger partial charge in [-0.3, -0.25) is 9.88 Å². The summed E-state index contributed by atoms with van der Waals surface area (Å²) in [4.78, 5) is 15.5. The molecule has 0 saturated carbocycles. The SMILES string of the molecule is CCCc1ncc(CN(Cc2ccncc2)C(C)CC)cn1. The van der Waals surface area contributed by atoms with Gasteiger partial charge in [-0.25, -0.2) is 9.97 Å². The topological polar surface area (TPSA) is 41.9 Å². The monoisotopic (exact) mass is 298 g/mol. The molecule has 0 bridgehead atoms. The Morgan fingerprint density at radius 1 is 1.00 bits per heavy atom. The van der Waals surface area contributed by atoms with E-state index in [2.05, 4.69) is 52.8 Å². The minimum Gasteiger partial charge on any atom is -0.292 e. The maximum atomic E-state index is 4.47. The Balaban J connectivity index is 2.06. The van der Waals surface area contributed by atoms with Gasteiger partial charge in [-0.05, 0) is 37.5 Å². The van der Waals surface area contributed by atoms with Crippen LogP contribution in [-0.4, -0.2) is 25.9 Å². The second kappa shape index (κ2) is 8.59. The first-order valence-electron chi connectivity index (χ1n) is 8.15. The molecule has 0 N–H and O–H groups in total. The summed E-state index contributed by atoms with van der Waals surface area (Å²) < 4.78 is 0. The Hall–Kier alpha value is -1.81. The molecule has 0 spiro atoms.